The van der Waals surface area contributed by atoms with E-state index in [0.717, 1.165) is 32.8 Å². The first-order valence-electron chi connectivity index (χ1n) is 17.2. The number of aliphatic hydroxyl groups excluding tert-OH is 1. The molecule has 51 heavy (non-hydrogen) atoms. The SMILES string of the molecule is CC(C)(C)OC(=O)NC1CCC(=O)CC1.CC(C)(C)OC(=O)NC1CCC2(CC1)NC(=O)NC2=O.CO.Cl.NC1CCC2(CC1)NC(=O)NC2=O. The predicted molar refractivity (Wildman–Crippen MR) is 189 cm³/mol. The van der Waals surface area contributed by atoms with Crippen molar-refractivity contribution in [3.8, 4) is 0 Å². The van der Waals surface area contributed by atoms with Gasteiger partial charge in [0.25, 0.3) is 11.8 Å². The number of ether oxygens (including phenoxy) is 2. The van der Waals surface area contributed by atoms with Gasteiger partial charge in [-0.15, -0.1) is 12.4 Å². The molecule has 292 valence electrons. The predicted octanol–water partition coefficient (Wildman–Crippen LogP) is 2.55. The minimum atomic E-state index is -0.788. The van der Waals surface area contributed by atoms with Gasteiger partial charge >= 0.3 is 24.2 Å². The fraction of sp³-hybridized carbons (Fsp3) is 0.788. The van der Waals surface area contributed by atoms with Crippen LogP contribution >= 0.6 is 12.4 Å². The van der Waals surface area contributed by atoms with Crippen molar-refractivity contribution in [2.45, 2.75) is 159 Å². The molecule has 2 aliphatic heterocycles. The van der Waals surface area contributed by atoms with Gasteiger partial charge in [-0.25, -0.2) is 19.2 Å². The van der Waals surface area contributed by atoms with E-state index in [0.29, 0.717) is 51.4 Å². The summed E-state index contributed by atoms with van der Waals surface area (Å²) >= 11 is 0. The van der Waals surface area contributed by atoms with E-state index in [1.165, 1.54) is 0 Å². The van der Waals surface area contributed by atoms with E-state index >= 15 is 0 Å². The number of Topliss-reactive ketones (excluding diaryl/α,β-unsaturated/α-hetero) is 1. The summed E-state index contributed by atoms with van der Waals surface area (Å²) < 4.78 is 10.3. The molecule has 0 aromatic heterocycles. The highest BCUT2D eigenvalue weighted by atomic mass is 35.5. The third kappa shape index (κ3) is 14.8. The molecule has 0 atom stereocenters. The molecule has 3 aliphatic carbocycles. The molecule has 0 aromatic carbocycles. The number of nitrogens with one attached hydrogen (secondary N) is 6. The number of alkyl carbamates (subject to hydrolysis) is 2. The van der Waals surface area contributed by atoms with Crippen LogP contribution < -0.4 is 37.6 Å². The van der Waals surface area contributed by atoms with Crippen LogP contribution in [0.15, 0.2) is 0 Å². The first-order chi connectivity index (χ1) is 23.2. The summed E-state index contributed by atoms with van der Waals surface area (Å²) in [7, 11) is 1.00. The van der Waals surface area contributed by atoms with Crippen molar-refractivity contribution in [3.63, 3.8) is 0 Å². The van der Waals surface area contributed by atoms with E-state index in [1.807, 2.05) is 20.8 Å². The van der Waals surface area contributed by atoms with Crippen molar-refractivity contribution >= 4 is 54.3 Å². The third-order valence-corrected chi connectivity index (χ3v) is 8.74. The van der Waals surface area contributed by atoms with Gasteiger partial charge in [0.2, 0.25) is 0 Å². The number of amides is 8. The maximum atomic E-state index is 11.8. The van der Waals surface area contributed by atoms with Crippen LogP contribution in [-0.4, -0.2) is 94.5 Å². The van der Waals surface area contributed by atoms with Gasteiger partial charge in [-0.05, 0) is 106 Å². The molecule has 0 bridgehead atoms. The van der Waals surface area contributed by atoms with Gasteiger partial charge in [-0.3, -0.25) is 25.0 Å². The lowest BCUT2D eigenvalue weighted by atomic mass is 9.79. The Morgan fingerprint density at radius 1 is 0.667 bits per heavy atom. The summed E-state index contributed by atoms with van der Waals surface area (Å²) in [5.41, 5.74) is 3.29. The van der Waals surface area contributed by atoms with Crippen LogP contribution in [0.5, 0.6) is 0 Å². The van der Waals surface area contributed by atoms with Crippen LogP contribution in [0.4, 0.5) is 19.2 Å². The zero-order chi connectivity index (χ0) is 37.9. The van der Waals surface area contributed by atoms with Crippen LogP contribution in [0, 0.1) is 0 Å². The van der Waals surface area contributed by atoms with E-state index in [9.17, 15) is 33.6 Å². The zero-order valence-corrected chi connectivity index (χ0v) is 31.6. The number of hydrogen-bond donors (Lipinski definition) is 8. The molecule has 0 aromatic rings. The largest absolute Gasteiger partial charge is 0.444 e. The van der Waals surface area contributed by atoms with Gasteiger partial charge in [-0.2, -0.15) is 0 Å². The molecule has 5 rings (SSSR count). The number of imide groups is 2. The normalized spacial score (nSPS) is 27.3. The van der Waals surface area contributed by atoms with Crippen LogP contribution in [0.3, 0.4) is 0 Å². The number of halogens is 1. The molecule has 2 spiro atoms. The second-order valence-electron chi connectivity index (χ2n) is 15.2. The van der Waals surface area contributed by atoms with Crippen molar-refractivity contribution in [3.05, 3.63) is 0 Å². The van der Waals surface area contributed by atoms with Crippen molar-refractivity contribution in [1.82, 2.24) is 31.9 Å². The van der Waals surface area contributed by atoms with Gasteiger partial charge in [0, 0.05) is 38.1 Å². The van der Waals surface area contributed by atoms with E-state index in [1.54, 1.807) is 20.8 Å². The van der Waals surface area contributed by atoms with E-state index in [2.05, 4.69) is 31.9 Å². The summed E-state index contributed by atoms with van der Waals surface area (Å²) in [4.78, 5) is 79.4. The summed E-state index contributed by atoms with van der Waals surface area (Å²) in [5.74, 6) is -0.167. The first kappa shape index (κ1) is 45.3. The first-order valence-corrected chi connectivity index (χ1v) is 17.2. The third-order valence-electron chi connectivity index (χ3n) is 8.74. The molecule has 2 heterocycles. The number of aliphatic hydroxyl groups is 1. The minimum absolute atomic E-state index is 0. The molecule has 17 nitrogen and oxygen atoms in total. The number of hydrogen-bond acceptors (Lipinski definition) is 11. The van der Waals surface area contributed by atoms with Gasteiger partial charge in [-0.1, -0.05) is 0 Å². The van der Waals surface area contributed by atoms with Crippen molar-refractivity contribution < 1.29 is 48.1 Å². The summed E-state index contributed by atoms with van der Waals surface area (Å²) in [6.07, 6.45) is 6.99. The number of urea groups is 2. The average Bonchev–Trinajstić information content (AvgIpc) is 3.44. The zero-order valence-electron chi connectivity index (χ0n) is 30.8. The fourth-order valence-corrected chi connectivity index (χ4v) is 6.18. The topological polar surface area (TPSA) is 256 Å². The van der Waals surface area contributed by atoms with Gasteiger partial charge in [0.1, 0.15) is 28.1 Å². The highest BCUT2D eigenvalue weighted by Crippen LogP contribution is 2.31. The van der Waals surface area contributed by atoms with Crippen LogP contribution in [0.2, 0.25) is 0 Å². The van der Waals surface area contributed by atoms with Crippen molar-refractivity contribution in [1.29, 1.82) is 0 Å². The van der Waals surface area contributed by atoms with Crippen LogP contribution in [0.25, 0.3) is 0 Å². The lowest BCUT2D eigenvalue weighted by Crippen LogP contribution is -2.53. The molecule has 0 unspecified atom stereocenters. The maximum absolute atomic E-state index is 11.8. The van der Waals surface area contributed by atoms with E-state index in [-0.39, 0.29) is 60.3 Å². The molecule has 5 aliphatic rings. The van der Waals surface area contributed by atoms with Crippen LogP contribution in [0.1, 0.15) is 119 Å². The Kier molecular flexibility index (Phi) is 17.1. The fourth-order valence-electron chi connectivity index (χ4n) is 6.18. The Balaban J connectivity index is 0.000000378. The highest BCUT2D eigenvalue weighted by molar-refractivity contribution is 6.07. The van der Waals surface area contributed by atoms with Gasteiger partial charge in [0.15, 0.2) is 0 Å². The lowest BCUT2D eigenvalue weighted by molar-refractivity contribution is -0.125. The van der Waals surface area contributed by atoms with Crippen molar-refractivity contribution in [2.75, 3.05) is 7.11 Å². The second-order valence-corrected chi connectivity index (χ2v) is 15.2. The Morgan fingerprint density at radius 3 is 1.31 bits per heavy atom. The standard InChI is InChI=1S/C13H21N3O4.C11H19NO3.C8H13N3O2.CH4O.ClH/c1-12(2,3)20-11(19)14-8-4-6-13(7-5-8)9(17)15-10(18)16-13;1-11(2,3)15-10(14)12-8-4-6-9(13)7-5-8;9-5-1-3-8(4-2-5)6(12)10-7(13)11-8;1-2;/h8H,4-7H2,1-3H3,(H,14,19)(H2,15,16,17,18);8H,4-7H2,1-3H3,(H,12,14);5H,1-4,9H2,(H2,10,11,12,13);2H,1H3;1H. The Morgan fingerprint density at radius 2 is 1.00 bits per heavy atom. The monoisotopic (exact) mass is 747 g/mol. The van der Waals surface area contributed by atoms with E-state index < -0.39 is 34.4 Å². The summed E-state index contributed by atoms with van der Waals surface area (Å²) in [5, 5.41) is 22.5. The smallest absolute Gasteiger partial charge is 0.407 e. The maximum Gasteiger partial charge on any atom is 0.407 e. The van der Waals surface area contributed by atoms with Gasteiger partial charge in [0.05, 0.1) is 0 Å². The molecule has 0 radical (unpaired) electrons. The molecule has 2 saturated heterocycles. The van der Waals surface area contributed by atoms with Crippen LogP contribution in [-0.2, 0) is 23.9 Å². The average molecular weight is 748 g/mol. The highest BCUT2D eigenvalue weighted by Gasteiger charge is 2.49. The molecular formula is C33H58ClN7O10. The summed E-state index contributed by atoms with van der Waals surface area (Å²) in [6.45, 7) is 10.9. The molecule has 5 fully saturated rings. The van der Waals surface area contributed by atoms with Crippen molar-refractivity contribution in [2.24, 2.45) is 5.73 Å². The summed E-state index contributed by atoms with van der Waals surface area (Å²) in [6, 6.07) is -0.566. The number of carbonyl (C=O) groups is 7. The number of nitrogens with two attached hydrogens (primary N) is 1. The number of carbonyl (C=O) groups excluding carboxylic acids is 7. The lowest BCUT2D eigenvalue weighted by Gasteiger charge is -2.35. The molecule has 3 saturated carbocycles. The molecule has 18 heteroatoms. The Bertz CT molecular complexity index is 1240. The Hall–Kier alpha value is -3.70. The van der Waals surface area contributed by atoms with E-state index in [4.69, 9.17) is 20.3 Å². The quantitative estimate of drug-likeness (QED) is 0.191. The number of ketones is 1. The second kappa shape index (κ2) is 19.2. The Labute approximate surface area is 305 Å². The number of rotatable bonds is 2. The minimum Gasteiger partial charge on any atom is -0.444 e. The molecule has 8 amide bonds. The molecular weight excluding hydrogens is 690 g/mol. The van der Waals surface area contributed by atoms with Gasteiger partial charge < -0.3 is 41.6 Å². The molecule has 9 N–H and O–H groups in total.